The number of aromatic nitrogens is 2. The van der Waals surface area contributed by atoms with E-state index in [0.29, 0.717) is 51.0 Å². The number of benzene rings is 3. The number of aromatic amines is 1. The fraction of sp³-hybridized carbons (Fsp3) is 0.192. The third kappa shape index (κ3) is 5.79. The molecule has 1 unspecified atom stereocenters. The normalized spacial score (nSPS) is 11.8. The van der Waals surface area contributed by atoms with Gasteiger partial charge in [-0.2, -0.15) is 5.10 Å². The van der Waals surface area contributed by atoms with Gasteiger partial charge in [-0.15, -0.1) is 0 Å². The van der Waals surface area contributed by atoms with Gasteiger partial charge in [0.15, 0.2) is 5.82 Å². The van der Waals surface area contributed by atoms with Crippen LogP contribution in [-0.4, -0.2) is 35.1 Å². The first-order chi connectivity index (χ1) is 17.4. The maximum absolute atomic E-state index is 13.2. The second-order valence-electron chi connectivity index (χ2n) is 8.19. The van der Waals surface area contributed by atoms with E-state index < -0.39 is 5.92 Å². The van der Waals surface area contributed by atoms with Crippen molar-refractivity contribution in [3.8, 4) is 0 Å². The first-order valence-electron chi connectivity index (χ1n) is 11.5. The van der Waals surface area contributed by atoms with E-state index in [4.69, 9.17) is 28.9 Å². The molecule has 2 amide bonds. The Morgan fingerprint density at radius 3 is 2.42 bits per heavy atom. The molecular weight excluding hydrogens is 499 g/mol. The van der Waals surface area contributed by atoms with E-state index >= 15 is 0 Å². The molecule has 6 N–H and O–H groups in total. The maximum atomic E-state index is 13.2. The molecule has 1 heterocycles. The van der Waals surface area contributed by atoms with Crippen LogP contribution in [0.25, 0.3) is 10.9 Å². The molecule has 0 saturated heterocycles. The van der Waals surface area contributed by atoms with E-state index in [0.717, 1.165) is 17.8 Å². The van der Waals surface area contributed by atoms with Crippen LogP contribution in [0.1, 0.15) is 35.2 Å². The number of anilines is 3. The topological polar surface area (TPSA) is 125 Å². The minimum absolute atomic E-state index is 0.229. The van der Waals surface area contributed by atoms with Gasteiger partial charge in [-0.1, -0.05) is 29.3 Å². The van der Waals surface area contributed by atoms with Crippen molar-refractivity contribution in [1.29, 1.82) is 0 Å². The Kier molecular flexibility index (Phi) is 8.10. The van der Waals surface area contributed by atoms with Crippen molar-refractivity contribution in [2.24, 2.45) is 5.73 Å². The lowest BCUT2D eigenvalue weighted by Crippen LogP contribution is -2.23. The molecule has 4 rings (SSSR count). The summed E-state index contributed by atoms with van der Waals surface area (Å²) in [6, 6.07) is 17.6. The highest BCUT2D eigenvalue weighted by Crippen LogP contribution is 2.30. The molecule has 0 bridgehead atoms. The Labute approximate surface area is 218 Å². The van der Waals surface area contributed by atoms with Crippen molar-refractivity contribution in [1.82, 2.24) is 10.2 Å². The minimum Gasteiger partial charge on any atom is -0.385 e. The molecule has 0 aliphatic rings. The van der Waals surface area contributed by atoms with Crippen LogP contribution in [0, 0.1) is 0 Å². The number of nitrogens with one attached hydrogen (secondary N) is 4. The number of amides is 2. The smallest absolute Gasteiger partial charge is 0.256 e. The molecule has 36 heavy (non-hydrogen) atoms. The van der Waals surface area contributed by atoms with Crippen LogP contribution in [0.2, 0.25) is 10.0 Å². The highest BCUT2D eigenvalue weighted by atomic mass is 35.5. The maximum Gasteiger partial charge on any atom is 0.256 e. The second-order valence-corrected chi connectivity index (χ2v) is 9.00. The van der Waals surface area contributed by atoms with Gasteiger partial charge in [0, 0.05) is 28.9 Å². The summed E-state index contributed by atoms with van der Waals surface area (Å²) >= 11 is 12.2. The number of fused-ring (bicyclic) bond motifs is 1. The van der Waals surface area contributed by atoms with E-state index in [9.17, 15) is 9.59 Å². The standard InChI is InChI=1S/C26H26Cl2N6O2/c1-2-30-17-6-3-15(4-7-17)25(35)32-24-20-14-18(8-10-23(20)33-34-24)31-26(36)19(11-12-29)16-5-9-21(27)22(28)13-16/h3-10,13-14,19,30H,2,11-12,29H2,1H3,(H,31,36)(H2,32,33,34,35). The highest BCUT2D eigenvalue weighted by Gasteiger charge is 2.21. The van der Waals surface area contributed by atoms with Crippen molar-refractivity contribution < 1.29 is 9.59 Å². The van der Waals surface area contributed by atoms with Crippen LogP contribution < -0.4 is 21.7 Å². The zero-order valence-electron chi connectivity index (χ0n) is 19.6. The van der Waals surface area contributed by atoms with Gasteiger partial charge in [-0.3, -0.25) is 14.7 Å². The van der Waals surface area contributed by atoms with E-state index in [1.54, 1.807) is 48.5 Å². The minimum atomic E-state index is -0.505. The van der Waals surface area contributed by atoms with Gasteiger partial charge in [-0.05, 0) is 80.1 Å². The molecular formula is C26H26Cl2N6O2. The first-order valence-corrected chi connectivity index (χ1v) is 12.2. The number of rotatable bonds is 9. The van der Waals surface area contributed by atoms with Crippen LogP contribution in [-0.2, 0) is 4.79 Å². The number of carbonyl (C=O) groups excluding carboxylic acids is 2. The van der Waals surface area contributed by atoms with E-state index in [1.807, 2.05) is 19.1 Å². The summed E-state index contributed by atoms with van der Waals surface area (Å²) in [5.41, 5.74) is 9.21. The van der Waals surface area contributed by atoms with E-state index in [2.05, 4.69) is 26.1 Å². The summed E-state index contributed by atoms with van der Waals surface area (Å²) in [5.74, 6) is -0.657. The van der Waals surface area contributed by atoms with Crippen LogP contribution in [0.4, 0.5) is 17.2 Å². The third-order valence-corrected chi connectivity index (χ3v) is 6.45. The molecule has 0 fully saturated rings. The fourth-order valence-corrected chi connectivity index (χ4v) is 4.19. The summed E-state index contributed by atoms with van der Waals surface area (Å²) in [6.45, 7) is 3.13. The Bertz CT molecular complexity index is 1390. The number of nitrogens with zero attached hydrogens (tertiary/aromatic N) is 1. The summed E-state index contributed by atoms with van der Waals surface area (Å²) in [6.07, 6.45) is 0.436. The molecule has 1 atom stereocenters. The largest absolute Gasteiger partial charge is 0.385 e. The molecule has 8 nitrogen and oxygen atoms in total. The number of nitrogens with two attached hydrogens (primary N) is 1. The number of hydrogen-bond acceptors (Lipinski definition) is 5. The summed E-state index contributed by atoms with van der Waals surface area (Å²) in [4.78, 5) is 25.9. The van der Waals surface area contributed by atoms with Gasteiger partial charge in [0.1, 0.15) is 0 Å². The lowest BCUT2D eigenvalue weighted by atomic mass is 9.94. The van der Waals surface area contributed by atoms with Crippen molar-refractivity contribution in [3.05, 3.63) is 81.8 Å². The molecule has 0 aliphatic heterocycles. The number of halogens is 2. The van der Waals surface area contributed by atoms with Gasteiger partial charge >= 0.3 is 0 Å². The Balaban J connectivity index is 1.52. The van der Waals surface area contributed by atoms with Crippen molar-refractivity contribution in [2.75, 3.05) is 29.0 Å². The average Bonchev–Trinajstić information content (AvgIpc) is 3.26. The Morgan fingerprint density at radius 2 is 1.72 bits per heavy atom. The molecule has 0 saturated carbocycles. The average molecular weight is 525 g/mol. The number of carbonyl (C=O) groups is 2. The molecule has 0 aliphatic carbocycles. The molecule has 0 spiro atoms. The molecule has 10 heteroatoms. The van der Waals surface area contributed by atoms with Crippen molar-refractivity contribution in [2.45, 2.75) is 19.3 Å². The van der Waals surface area contributed by atoms with Gasteiger partial charge in [0.2, 0.25) is 5.91 Å². The zero-order chi connectivity index (χ0) is 25.7. The van der Waals surface area contributed by atoms with Crippen LogP contribution in [0.3, 0.4) is 0 Å². The first kappa shape index (κ1) is 25.5. The quantitative estimate of drug-likeness (QED) is 0.194. The molecule has 4 aromatic rings. The molecule has 3 aromatic carbocycles. The summed E-state index contributed by atoms with van der Waals surface area (Å²) in [5, 5.41) is 17.6. The van der Waals surface area contributed by atoms with Crippen LogP contribution in [0.5, 0.6) is 0 Å². The van der Waals surface area contributed by atoms with Gasteiger partial charge in [0.25, 0.3) is 5.91 Å². The lowest BCUT2D eigenvalue weighted by molar-refractivity contribution is -0.117. The van der Waals surface area contributed by atoms with Crippen LogP contribution >= 0.6 is 23.2 Å². The van der Waals surface area contributed by atoms with Gasteiger partial charge in [0.05, 0.1) is 21.5 Å². The van der Waals surface area contributed by atoms with Gasteiger partial charge < -0.3 is 21.7 Å². The summed E-state index contributed by atoms with van der Waals surface area (Å²) < 4.78 is 0. The Hall–Kier alpha value is -3.59. The number of hydrogen-bond donors (Lipinski definition) is 5. The van der Waals surface area contributed by atoms with E-state index in [1.165, 1.54) is 0 Å². The molecule has 1 aromatic heterocycles. The Morgan fingerprint density at radius 1 is 0.972 bits per heavy atom. The van der Waals surface area contributed by atoms with Crippen molar-refractivity contribution >= 4 is 63.1 Å². The van der Waals surface area contributed by atoms with Crippen molar-refractivity contribution in [3.63, 3.8) is 0 Å². The SMILES string of the molecule is CCNc1ccc(C(=O)Nc2n[nH]c3ccc(NC(=O)C(CCN)c4ccc(Cl)c(Cl)c4)cc23)cc1. The predicted molar refractivity (Wildman–Crippen MR) is 146 cm³/mol. The third-order valence-electron chi connectivity index (χ3n) is 5.71. The zero-order valence-corrected chi connectivity index (χ0v) is 21.1. The fourth-order valence-electron chi connectivity index (χ4n) is 3.88. The van der Waals surface area contributed by atoms with E-state index in [-0.39, 0.29) is 11.8 Å². The molecule has 0 radical (unpaired) electrons. The molecule has 186 valence electrons. The summed E-state index contributed by atoms with van der Waals surface area (Å²) in [7, 11) is 0. The van der Waals surface area contributed by atoms with Crippen LogP contribution in [0.15, 0.2) is 60.7 Å². The highest BCUT2D eigenvalue weighted by molar-refractivity contribution is 6.42. The predicted octanol–water partition coefficient (Wildman–Crippen LogP) is 5.62. The van der Waals surface area contributed by atoms with Gasteiger partial charge in [-0.25, -0.2) is 0 Å². The second kappa shape index (κ2) is 11.4. The lowest BCUT2D eigenvalue weighted by Gasteiger charge is -2.17. The number of H-pyrrole nitrogens is 1. The monoisotopic (exact) mass is 524 g/mol.